The highest BCUT2D eigenvalue weighted by atomic mass is 35.5. The quantitative estimate of drug-likeness (QED) is 0.807. The average Bonchev–Trinajstić information content (AvgIpc) is 2.72. The number of likely N-dealkylation sites (N-methyl/N-ethyl adjacent to an activating group) is 1. The molecule has 23 heavy (non-hydrogen) atoms. The molecule has 0 aliphatic carbocycles. The van der Waals surface area contributed by atoms with Crippen molar-refractivity contribution in [3.05, 3.63) is 40.5 Å². The van der Waals surface area contributed by atoms with E-state index in [0.717, 1.165) is 0 Å². The van der Waals surface area contributed by atoms with Crippen LogP contribution in [0.1, 0.15) is 19.4 Å². The Kier molecular flexibility index (Phi) is 5.44. The van der Waals surface area contributed by atoms with Crippen LogP contribution in [0.15, 0.2) is 30.0 Å². The summed E-state index contributed by atoms with van der Waals surface area (Å²) in [6.45, 7) is 4.46. The zero-order valence-electron chi connectivity index (χ0n) is 13.5. The molecule has 0 spiro atoms. The molecule has 2 rings (SSSR count). The van der Waals surface area contributed by atoms with Crippen LogP contribution in [0.25, 0.3) is 5.57 Å². The number of carbonyl (C=O) groups is 2. The summed E-state index contributed by atoms with van der Waals surface area (Å²) in [5.74, 6) is -0.438. The molecule has 6 heteroatoms. The number of aliphatic hydroxyl groups is 1. The van der Waals surface area contributed by atoms with Gasteiger partial charge in [0.05, 0.1) is 12.2 Å². The van der Waals surface area contributed by atoms with Gasteiger partial charge in [0.15, 0.2) is 0 Å². The van der Waals surface area contributed by atoms with Crippen LogP contribution >= 0.6 is 11.6 Å². The lowest BCUT2D eigenvalue weighted by molar-refractivity contribution is -0.138. The summed E-state index contributed by atoms with van der Waals surface area (Å²) in [5, 5.41) is 9.73. The zero-order chi connectivity index (χ0) is 17.1. The molecule has 0 radical (unpaired) electrons. The summed E-state index contributed by atoms with van der Waals surface area (Å²) in [6.07, 6.45) is 0. The van der Waals surface area contributed by atoms with Crippen LogP contribution in [0.2, 0.25) is 5.02 Å². The summed E-state index contributed by atoms with van der Waals surface area (Å²) >= 11 is 5.91. The van der Waals surface area contributed by atoms with Gasteiger partial charge in [0.2, 0.25) is 0 Å². The fraction of sp³-hybridized carbons (Fsp3) is 0.412. The minimum atomic E-state index is -0.315. The molecule has 0 saturated carbocycles. The topological polar surface area (TPSA) is 60.9 Å². The van der Waals surface area contributed by atoms with E-state index in [1.54, 1.807) is 36.2 Å². The average molecular weight is 337 g/mol. The highest BCUT2D eigenvalue weighted by molar-refractivity contribution is 6.36. The molecule has 0 unspecified atom stereocenters. The molecule has 1 heterocycles. The van der Waals surface area contributed by atoms with Crippen molar-refractivity contribution in [2.45, 2.75) is 13.8 Å². The first-order chi connectivity index (χ1) is 10.9. The van der Waals surface area contributed by atoms with E-state index < -0.39 is 0 Å². The van der Waals surface area contributed by atoms with E-state index in [4.69, 9.17) is 16.7 Å². The lowest BCUT2D eigenvalue weighted by Crippen LogP contribution is -2.37. The third kappa shape index (κ3) is 3.57. The maximum atomic E-state index is 12.8. The van der Waals surface area contributed by atoms with Crippen LogP contribution in [-0.4, -0.2) is 53.5 Å². The molecule has 0 saturated heterocycles. The van der Waals surface area contributed by atoms with Crippen molar-refractivity contribution in [3.63, 3.8) is 0 Å². The molecule has 0 aromatic heterocycles. The van der Waals surface area contributed by atoms with Gasteiger partial charge < -0.3 is 10.0 Å². The van der Waals surface area contributed by atoms with Crippen LogP contribution in [0.3, 0.4) is 0 Å². The molecule has 2 amide bonds. The number of aliphatic hydroxyl groups excluding tert-OH is 1. The SMILES string of the molecule is CC(C)CN1C(=O)C(c2ccc(Cl)cc2)=C(N(C)CCO)C1=O. The van der Waals surface area contributed by atoms with E-state index in [2.05, 4.69) is 0 Å². The third-order valence-corrected chi connectivity index (χ3v) is 3.89. The molecule has 1 aromatic carbocycles. The summed E-state index contributed by atoms with van der Waals surface area (Å²) in [7, 11) is 1.70. The second-order valence-corrected chi connectivity index (χ2v) is 6.43. The van der Waals surface area contributed by atoms with Crippen molar-refractivity contribution >= 4 is 29.0 Å². The molecule has 5 nitrogen and oxygen atoms in total. The molecule has 0 atom stereocenters. The Bertz CT molecular complexity index is 638. The summed E-state index contributed by atoms with van der Waals surface area (Å²) in [6, 6.07) is 6.84. The van der Waals surface area contributed by atoms with Gasteiger partial charge in [-0.25, -0.2) is 0 Å². The standard InChI is InChI=1S/C17H21ClN2O3/c1-11(2)10-20-16(22)14(12-4-6-13(18)7-5-12)15(17(20)23)19(3)8-9-21/h4-7,11,21H,8-10H2,1-3H3. The maximum absolute atomic E-state index is 12.8. The van der Waals surface area contributed by atoms with Crippen LogP contribution in [0.5, 0.6) is 0 Å². The Morgan fingerprint density at radius 2 is 1.78 bits per heavy atom. The smallest absolute Gasteiger partial charge is 0.277 e. The highest BCUT2D eigenvalue weighted by Gasteiger charge is 2.40. The van der Waals surface area contributed by atoms with Crippen molar-refractivity contribution in [1.82, 2.24) is 9.80 Å². The fourth-order valence-electron chi connectivity index (χ4n) is 2.59. The number of imide groups is 1. The molecule has 0 fully saturated rings. The Hall–Kier alpha value is -1.85. The summed E-state index contributed by atoms with van der Waals surface area (Å²) in [5.41, 5.74) is 1.34. The Morgan fingerprint density at radius 3 is 2.30 bits per heavy atom. The van der Waals surface area contributed by atoms with E-state index in [1.807, 2.05) is 13.8 Å². The van der Waals surface area contributed by atoms with E-state index in [0.29, 0.717) is 28.4 Å². The van der Waals surface area contributed by atoms with E-state index in [-0.39, 0.29) is 30.9 Å². The minimum Gasteiger partial charge on any atom is -0.395 e. The summed E-state index contributed by atoms with van der Waals surface area (Å²) < 4.78 is 0. The minimum absolute atomic E-state index is 0.0977. The van der Waals surface area contributed by atoms with Gasteiger partial charge in [-0.15, -0.1) is 0 Å². The van der Waals surface area contributed by atoms with E-state index in [9.17, 15) is 9.59 Å². The zero-order valence-corrected chi connectivity index (χ0v) is 14.3. The van der Waals surface area contributed by atoms with Gasteiger partial charge in [0, 0.05) is 25.2 Å². The molecule has 1 aromatic rings. The number of amides is 2. The van der Waals surface area contributed by atoms with Crippen LogP contribution in [0, 0.1) is 5.92 Å². The predicted octanol–water partition coefficient (Wildman–Crippen LogP) is 2.00. The lowest BCUT2D eigenvalue weighted by Gasteiger charge is -2.21. The first kappa shape index (κ1) is 17.5. The highest BCUT2D eigenvalue weighted by Crippen LogP contribution is 2.32. The van der Waals surface area contributed by atoms with Crippen molar-refractivity contribution in [1.29, 1.82) is 0 Å². The van der Waals surface area contributed by atoms with E-state index >= 15 is 0 Å². The maximum Gasteiger partial charge on any atom is 0.277 e. The van der Waals surface area contributed by atoms with Gasteiger partial charge in [-0.3, -0.25) is 14.5 Å². The van der Waals surface area contributed by atoms with Gasteiger partial charge in [0.1, 0.15) is 5.70 Å². The van der Waals surface area contributed by atoms with Crippen molar-refractivity contribution in [2.24, 2.45) is 5.92 Å². The van der Waals surface area contributed by atoms with Crippen LogP contribution in [-0.2, 0) is 9.59 Å². The van der Waals surface area contributed by atoms with Crippen LogP contribution in [0.4, 0.5) is 0 Å². The number of hydrogen-bond donors (Lipinski definition) is 1. The Balaban J connectivity index is 2.51. The first-order valence-electron chi connectivity index (χ1n) is 7.55. The van der Waals surface area contributed by atoms with Gasteiger partial charge in [-0.2, -0.15) is 0 Å². The largest absolute Gasteiger partial charge is 0.395 e. The number of rotatable bonds is 6. The normalized spacial score (nSPS) is 15.1. The fourth-order valence-corrected chi connectivity index (χ4v) is 2.71. The number of hydrogen-bond acceptors (Lipinski definition) is 4. The molecule has 0 bridgehead atoms. The number of halogens is 1. The molecular formula is C17H21ClN2O3. The molecular weight excluding hydrogens is 316 g/mol. The van der Waals surface area contributed by atoms with Gasteiger partial charge in [-0.1, -0.05) is 37.6 Å². The predicted molar refractivity (Wildman–Crippen MR) is 89.6 cm³/mol. The first-order valence-corrected chi connectivity index (χ1v) is 7.93. The molecule has 1 N–H and O–H groups in total. The Labute approximate surface area is 141 Å². The molecule has 124 valence electrons. The monoisotopic (exact) mass is 336 g/mol. The van der Waals surface area contributed by atoms with Gasteiger partial charge in [-0.05, 0) is 23.6 Å². The number of benzene rings is 1. The van der Waals surface area contributed by atoms with Gasteiger partial charge in [0.25, 0.3) is 11.8 Å². The second-order valence-electron chi connectivity index (χ2n) is 5.99. The van der Waals surface area contributed by atoms with Crippen molar-refractivity contribution in [2.75, 3.05) is 26.7 Å². The van der Waals surface area contributed by atoms with Gasteiger partial charge >= 0.3 is 0 Å². The molecule has 1 aliphatic heterocycles. The number of nitrogens with zero attached hydrogens (tertiary/aromatic N) is 2. The second kappa shape index (κ2) is 7.15. The van der Waals surface area contributed by atoms with Crippen molar-refractivity contribution in [3.8, 4) is 0 Å². The lowest BCUT2D eigenvalue weighted by atomic mass is 10.0. The third-order valence-electron chi connectivity index (χ3n) is 3.64. The number of carbonyl (C=O) groups excluding carboxylic acids is 2. The van der Waals surface area contributed by atoms with E-state index in [1.165, 1.54) is 4.90 Å². The van der Waals surface area contributed by atoms with Crippen LogP contribution < -0.4 is 0 Å². The molecule has 1 aliphatic rings. The summed E-state index contributed by atoms with van der Waals surface area (Å²) in [4.78, 5) is 28.4. The van der Waals surface area contributed by atoms with Crippen molar-refractivity contribution < 1.29 is 14.7 Å². The Morgan fingerprint density at radius 1 is 1.17 bits per heavy atom.